The number of amides is 2. The van der Waals surface area contributed by atoms with E-state index in [1.165, 1.54) is 16.0 Å². The zero-order chi connectivity index (χ0) is 19.0. The third kappa shape index (κ3) is 2.74. The average molecular weight is 361 g/mol. The summed E-state index contributed by atoms with van der Waals surface area (Å²) in [5.74, 6) is 0.127. The number of rotatable bonds is 3. The van der Waals surface area contributed by atoms with Crippen LogP contribution in [0.5, 0.6) is 0 Å². The molecule has 1 aliphatic heterocycles. The van der Waals surface area contributed by atoms with Crippen molar-refractivity contribution < 1.29 is 9.59 Å². The average Bonchev–Trinajstić information content (AvgIpc) is 3.06. The van der Waals surface area contributed by atoms with Crippen LogP contribution in [0.2, 0.25) is 0 Å². The molecule has 3 aromatic rings. The molecule has 9 nitrogen and oxygen atoms in total. The second kappa shape index (κ2) is 6.45. The van der Waals surface area contributed by atoms with E-state index in [-0.39, 0.29) is 17.7 Å². The molecule has 27 heavy (non-hydrogen) atoms. The van der Waals surface area contributed by atoms with Crippen LogP contribution in [0, 0.1) is 0 Å². The van der Waals surface area contributed by atoms with E-state index in [1.54, 1.807) is 44.6 Å². The summed E-state index contributed by atoms with van der Waals surface area (Å²) in [6.45, 7) is 0. The fourth-order valence-electron chi connectivity index (χ4n) is 2.77. The van der Waals surface area contributed by atoms with Crippen molar-refractivity contribution in [3.63, 3.8) is 0 Å². The normalized spacial score (nSPS) is 13.5. The molecule has 3 heterocycles. The van der Waals surface area contributed by atoms with Crippen molar-refractivity contribution in [3.8, 4) is 0 Å². The molecule has 9 heteroatoms. The standard InChI is InChI=1S/C18H15N7O2/c1-23-15-14(21-20-13-8-4-3-5-9-13)16(24(2)18(23)27)25(22-15)17(26)12-7-6-10-19-11-12/h3-11H,1-2H3. The summed E-state index contributed by atoms with van der Waals surface area (Å²) in [6.07, 6.45) is 3.02. The lowest BCUT2D eigenvalue weighted by Gasteiger charge is -2.26. The van der Waals surface area contributed by atoms with Gasteiger partial charge in [-0.1, -0.05) is 18.2 Å². The molecule has 0 unspecified atom stereocenters. The number of carbonyl (C=O) groups is 2. The number of urea groups is 1. The lowest BCUT2D eigenvalue weighted by atomic mass is 10.2. The van der Waals surface area contributed by atoms with Crippen molar-refractivity contribution >= 4 is 34.9 Å². The molecule has 4 rings (SSSR count). The quantitative estimate of drug-likeness (QED) is 0.668. The molecule has 0 saturated carbocycles. The van der Waals surface area contributed by atoms with Crippen LogP contribution in [0.15, 0.2) is 65.1 Å². The van der Waals surface area contributed by atoms with E-state index >= 15 is 0 Å². The monoisotopic (exact) mass is 361 g/mol. The topological polar surface area (TPSA) is 96.0 Å². The Morgan fingerprint density at radius 1 is 1.00 bits per heavy atom. The Morgan fingerprint density at radius 3 is 2.48 bits per heavy atom. The fourth-order valence-corrected chi connectivity index (χ4v) is 2.77. The first-order chi connectivity index (χ1) is 13.1. The van der Waals surface area contributed by atoms with E-state index in [9.17, 15) is 9.59 Å². The van der Waals surface area contributed by atoms with Gasteiger partial charge in [0.15, 0.2) is 17.3 Å². The molecule has 0 aliphatic carbocycles. The molecule has 0 saturated heterocycles. The van der Waals surface area contributed by atoms with Gasteiger partial charge in [-0.2, -0.15) is 9.80 Å². The molecule has 2 aromatic heterocycles. The first-order valence-electron chi connectivity index (χ1n) is 8.14. The first-order valence-corrected chi connectivity index (χ1v) is 8.14. The number of aromatic nitrogens is 3. The number of carbonyl (C=O) groups excluding carboxylic acids is 2. The fraction of sp³-hybridized carbons (Fsp3) is 0.111. The molecule has 0 radical (unpaired) electrons. The first kappa shape index (κ1) is 16.6. The van der Waals surface area contributed by atoms with Crippen molar-refractivity contribution in [1.82, 2.24) is 14.8 Å². The number of nitrogens with zero attached hydrogens (tertiary/aromatic N) is 7. The van der Waals surface area contributed by atoms with Crippen LogP contribution < -0.4 is 9.80 Å². The zero-order valence-electron chi connectivity index (χ0n) is 14.6. The molecule has 1 aliphatic rings. The van der Waals surface area contributed by atoms with Crippen LogP contribution in [-0.2, 0) is 0 Å². The number of fused-ring (bicyclic) bond motifs is 2. The molecule has 0 atom stereocenters. The van der Waals surface area contributed by atoms with E-state index in [1.807, 2.05) is 18.2 Å². The number of anilines is 2. The van der Waals surface area contributed by atoms with Crippen LogP contribution in [0.3, 0.4) is 0 Å². The molecule has 2 bridgehead atoms. The van der Waals surface area contributed by atoms with Gasteiger partial charge in [0.1, 0.15) is 0 Å². The predicted octanol–water partition coefficient (Wildman–Crippen LogP) is 3.39. The van der Waals surface area contributed by atoms with E-state index in [0.717, 1.165) is 4.68 Å². The highest BCUT2D eigenvalue weighted by Gasteiger charge is 2.37. The minimum absolute atomic E-state index is 0.265. The predicted molar refractivity (Wildman–Crippen MR) is 99.0 cm³/mol. The Morgan fingerprint density at radius 2 is 1.78 bits per heavy atom. The maximum Gasteiger partial charge on any atom is 0.330 e. The Balaban J connectivity index is 1.84. The van der Waals surface area contributed by atoms with E-state index in [0.29, 0.717) is 16.9 Å². The van der Waals surface area contributed by atoms with Gasteiger partial charge in [-0.15, -0.1) is 10.2 Å². The highest BCUT2D eigenvalue weighted by Crippen LogP contribution is 2.43. The lowest BCUT2D eigenvalue weighted by Crippen LogP contribution is -2.41. The van der Waals surface area contributed by atoms with Gasteiger partial charge in [-0.05, 0) is 24.3 Å². The number of hydrogen-bond donors (Lipinski definition) is 0. The van der Waals surface area contributed by atoms with Gasteiger partial charge >= 0.3 is 6.03 Å². The third-order valence-electron chi connectivity index (χ3n) is 4.15. The molecule has 2 amide bonds. The zero-order valence-corrected chi connectivity index (χ0v) is 14.6. The maximum absolute atomic E-state index is 12.9. The van der Waals surface area contributed by atoms with Crippen LogP contribution >= 0.6 is 0 Å². The summed E-state index contributed by atoms with van der Waals surface area (Å²) in [5, 5.41) is 12.8. The lowest BCUT2D eigenvalue weighted by molar-refractivity contribution is 0.0947. The number of hydrogen-bond acceptors (Lipinski definition) is 6. The summed E-state index contributed by atoms with van der Waals surface area (Å²) < 4.78 is 1.16. The highest BCUT2D eigenvalue weighted by molar-refractivity contribution is 6.13. The van der Waals surface area contributed by atoms with Crippen LogP contribution in [-0.4, -0.2) is 40.8 Å². The van der Waals surface area contributed by atoms with Gasteiger partial charge in [0.25, 0.3) is 5.91 Å². The molecule has 0 N–H and O–H groups in total. The minimum Gasteiger partial charge on any atom is -0.279 e. The van der Waals surface area contributed by atoms with Gasteiger partial charge in [-0.3, -0.25) is 19.6 Å². The summed E-state index contributed by atoms with van der Waals surface area (Å²) >= 11 is 0. The van der Waals surface area contributed by atoms with Gasteiger partial charge < -0.3 is 0 Å². The van der Waals surface area contributed by atoms with E-state index in [4.69, 9.17) is 0 Å². The second-order valence-corrected chi connectivity index (χ2v) is 5.89. The second-order valence-electron chi connectivity index (χ2n) is 5.89. The largest absolute Gasteiger partial charge is 0.330 e. The van der Waals surface area contributed by atoms with Gasteiger partial charge in [-0.25, -0.2) is 4.79 Å². The number of azo groups is 1. The summed E-state index contributed by atoms with van der Waals surface area (Å²) in [5.41, 5.74) is 1.35. The molecule has 134 valence electrons. The number of pyridine rings is 1. The van der Waals surface area contributed by atoms with Crippen molar-refractivity contribution in [2.45, 2.75) is 0 Å². The molecule has 0 fully saturated rings. The van der Waals surface area contributed by atoms with Gasteiger partial charge in [0, 0.05) is 26.5 Å². The van der Waals surface area contributed by atoms with Crippen molar-refractivity contribution in [2.24, 2.45) is 10.2 Å². The van der Waals surface area contributed by atoms with E-state index < -0.39 is 5.91 Å². The Kier molecular flexibility index (Phi) is 3.96. The Labute approximate surface area is 154 Å². The van der Waals surface area contributed by atoms with E-state index in [2.05, 4.69) is 20.3 Å². The molecular weight excluding hydrogens is 346 g/mol. The van der Waals surface area contributed by atoms with Crippen molar-refractivity contribution in [3.05, 3.63) is 60.4 Å². The summed E-state index contributed by atoms with van der Waals surface area (Å²) in [6, 6.07) is 12.2. The van der Waals surface area contributed by atoms with Crippen LogP contribution in [0.25, 0.3) is 0 Å². The summed E-state index contributed by atoms with van der Waals surface area (Å²) in [7, 11) is 3.14. The van der Waals surface area contributed by atoms with Crippen LogP contribution in [0.4, 0.5) is 27.8 Å². The Hall–Kier alpha value is -3.88. The SMILES string of the molecule is CN1C(=O)N(C)c2c(N=Nc3ccccc3)c1nn2C(=O)c1cccnc1. The Bertz CT molecular complexity index is 1040. The van der Waals surface area contributed by atoms with Gasteiger partial charge in [0.05, 0.1) is 11.3 Å². The summed E-state index contributed by atoms with van der Waals surface area (Å²) in [4.78, 5) is 31.9. The van der Waals surface area contributed by atoms with Crippen LogP contribution in [0.1, 0.15) is 10.4 Å². The van der Waals surface area contributed by atoms with Crippen molar-refractivity contribution in [2.75, 3.05) is 23.9 Å². The maximum atomic E-state index is 12.9. The molecular formula is C18H15N7O2. The molecule has 1 aromatic carbocycles. The third-order valence-corrected chi connectivity index (χ3v) is 4.15. The minimum atomic E-state index is -0.407. The molecule has 0 spiro atoms. The highest BCUT2D eigenvalue weighted by atomic mass is 16.2. The van der Waals surface area contributed by atoms with Gasteiger partial charge in [0.2, 0.25) is 0 Å². The van der Waals surface area contributed by atoms with Crippen molar-refractivity contribution in [1.29, 1.82) is 0 Å². The number of benzene rings is 1. The smallest absolute Gasteiger partial charge is 0.279 e.